The Morgan fingerprint density at radius 3 is 2.50 bits per heavy atom. The highest BCUT2D eigenvalue weighted by Crippen LogP contribution is 2.57. The molecule has 2 amide bonds. The third-order valence-electron chi connectivity index (χ3n) is 6.67. The van der Waals surface area contributed by atoms with Gasteiger partial charge in [0, 0.05) is 11.3 Å². The molecule has 0 unspecified atom stereocenters. The van der Waals surface area contributed by atoms with Crippen molar-refractivity contribution in [1.82, 2.24) is 0 Å². The molecule has 0 saturated carbocycles. The lowest BCUT2D eigenvalue weighted by atomic mass is 10.0. The van der Waals surface area contributed by atoms with E-state index in [0.717, 1.165) is 35.8 Å². The summed E-state index contributed by atoms with van der Waals surface area (Å²) >= 11 is 1.46. The molecule has 1 N–H and O–H groups in total. The van der Waals surface area contributed by atoms with Crippen LogP contribution in [0.25, 0.3) is 0 Å². The topological polar surface area (TPSA) is 54.3 Å². The predicted octanol–water partition coefficient (Wildman–Crippen LogP) is 2.78. The SMILES string of the molecule is CCOc1ccc(N2C(=O)[C@@H](C)S[C@]23C(=O)N(C[NH+]2CCCCC2)c2ccccc23)cc1. The van der Waals surface area contributed by atoms with Crippen LogP contribution in [0.3, 0.4) is 0 Å². The highest BCUT2D eigenvalue weighted by Gasteiger charge is 2.63. The molecule has 2 aromatic rings. The second kappa shape index (κ2) is 8.45. The summed E-state index contributed by atoms with van der Waals surface area (Å²) in [5.41, 5.74) is 2.57. The quantitative estimate of drug-likeness (QED) is 0.758. The van der Waals surface area contributed by atoms with Crippen LogP contribution < -0.4 is 19.4 Å². The first-order chi connectivity index (χ1) is 15.6. The minimum atomic E-state index is -1.06. The van der Waals surface area contributed by atoms with E-state index in [-0.39, 0.29) is 17.1 Å². The van der Waals surface area contributed by atoms with Crippen molar-refractivity contribution >= 4 is 35.0 Å². The number of amides is 2. The number of para-hydroxylation sites is 1. The van der Waals surface area contributed by atoms with Crippen LogP contribution in [0.15, 0.2) is 48.5 Å². The average Bonchev–Trinajstić information content (AvgIpc) is 3.21. The highest BCUT2D eigenvalue weighted by molar-refractivity contribution is 8.03. The maximum atomic E-state index is 14.2. The molecule has 168 valence electrons. The van der Waals surface area contributed by atoms with Crippen molar-refractivity contribution < 1.29 is 19.2 Å². The van der Waals surface area contributed by atoms with Gasteiger partial charge in [0.25, 0.3) is 5.91 Å². The van der Waals surface area contributed by atoms with Crippen LogP contribution in [-0.2, 0) is 14.5 Å². The van der Waals surface area contributed by atoms with E-state index in [4.69, 9.17) is 4.74 Å². The highest BCUT2D eigenvalue weighted by atomic mass is 32.2. The number of piperidine rings is 1. The zero-order valence-electron chi connectivity index (χ0n) is 18.7. The van der Waals surface area contributed by atoms with E-state index in [0.29, 0.717) is 13.3 Å². The first-order valence-electron chi connectivity index (χ1n) is 11.6. The van der Waals surface area contributed by atoms with Crippen LogP contribution in [0.4, 0.5) is 11.4 Å². The van der Waals surface area contributed by atoms with Gasteiger partial charge in [0.1, 0.15) is 5.75 Å². The number of thioether (sulfide) groups is 1. The molecular weight excluding hydrogens is 422 g/mol. The van der Waals surface area contributed by atoms with Gasteiger partial charge in [-0.05, 0) is 63.4 Å². The summed E-state index contributed by atoms with van der Waals surface area (Å²) in [6, 6.07) is 15.5. The molecule has 2 aromatic carbocycles. The number of hydrogen-bond acceptors (Lipinski definition) is 4. The summed E-state index contributed by atoms with van der Waals surface area (Å²) in [6.07, 6.45) is 3.67. The van der Waals surface area contributed by atoms with E-state index in [9.17, 15) is 9.59 Å². The van der Waals surface area contributed by atoms with Crippen molar-refractivity contribution in [3.8, 4) is 5.75 Å². The van der Waals surface area contributed by atoms with Gasteiger partial charge in [0.05, 0.1) is 30.6 Å². The first kappa shape index (κ1) is 21.3. The van der Waals surface area contributed by atoms with Crippen molar-refractivity contribution in [2.24, 2.45) is 0 Å². The number of benzene rings is 2. The van der Waals surface area contributed by atoms with Crippen LogP contribution in [0.5, 0.6) is 5.75 Å². The Morgan fingerprint density at radius 1 is 1.06 bits per heavy atom. The molecule has 2 saturated heterocycles. The van der Waals surface area contributed by atoms with Gasteiger partial charge < -0.3 is 9.64 Å². The van der Waals surface area contributed by atoms with Gasteiger partial charge in [-0.2, -0.15) is 0 Å². The van der Waals surface area contributed by atoms with Crippen molar-refractivity contribution in [1.29, 1.82) is 0 Å². The third-order valence-corrected chi connectivity index (χ3v) is 8.15. The number of fused-ring (bicyclic) bond motifs is 2. The third kappa shape index (κ3) is 3.30. The number of quaternary nitrogens is 1. The zero-order valence-corrected chi connectivity index (χ0v) is 19.5. The average molecular weight is 453 g/mol. The Labute approximate surface area is 193 Å². The molecule has 2 atom stereocenters. The molecule has 0 aliphatic carbocycles. The van der Waals surface area contributed by atoms with E-state index in [1.807, 2.05) is 67.3 Å². The monoisotopic (exact) mass is 452 g/mol. The maximum absolute atomic E-state index is 14.2. The van der Waals surface area contributed by atoms with E-state index < -0.39 is 4.87 Å². The number of hydrogen-bond donors (Lipinski definition) is 1. The maximum Gasteiger partial charge on any atom is 0.273 e. The van der Waals surface area contributed by atoms with Crippen molar-refractivity contribution in [2.75, 3.05) is 36.2 Å². The van der Waals surface area contributed by atoms with Crippen LogP contribution in [-0.4, -0.2) is 43.4 Å². The van der Waals surface area contributed by atoms with Gasteiger partial charge in [-0.3, -0.25) is 19.4 Å². The van der Waals surface area contributed by atoms with Crippen LogP contribution >= 0.6 is 11.8 Å². The van der Waals surface area contributed by atoms with Gasteiger partial charge in [0.15, 0.2) is 6.67 Å². The minimum Gasteiger partial charge on any atom is -0.494 e. The molecule has 3 heterocycles. The minimum absolute atomic E-state index is 0.00615. The van der Waals surface area contributed by atoms with Gasteiger partial charge in [-0.1, -0.05) is 18.2 Å². The lowest BCUT2D eigenvalue weighted by Crippen LogP contribution is -3.14. The zero-order chi connectivity index (χ0) is 22.3. The van der Waals surface area contributed by atoms with Crippen LogP contribution in [0.1, 0.15) is 38.7 Å². The molecule has 7 heteroatoms. The molecule has 0 bridgehead atoms. The van der Waals surface area contributed by atoms with E-state index in [1.54, 1.807) is 4.90 Å². The molecule has 3 aliphatic heterocycles. The van der Waals surface area contributed by atoms with Crippen LogP contribution in [0, 0.1) is 0 Å². The summed E-state index contributed by atoms with van der Waals surface area (Å²) in [7, 11) is 0. The fourth-order valence-electron chi connectivity index (χ4n) is 5.19. The number of ether oxygens (including phenoxy) is 1. The smallest absolute Gasteiger partial charge is 0.273 e. The molecule has 2 fully saturated rings. The summed E-state index contributed by atoms with van der Waals surface area (Å²) in [5, 5.41) is -0.305. The van der Waals surface area contributed by atoms with Gasteiger partial charge in [-0.15, -0.1) is 11.8 Å². The second-order valence-corrected chi connectivity index (χ2v) is 10.3. The molecule has 1 spiro atoms. The molecule has 3 aliphatic rings. The number of carbonyl (C=O) groups excluding carboxylic acids is 2. The Balaban J connectivity index is 1.57. The summed E-state index contributed by atoms with van der Waals surface area (Å²) < 4.78 is 5.58. The number of likely N-dealkylation sites (tertiary alicyclic amines) is 1. The molecule has 32 heavy (non-hydrogen) atoms. The number of rotatable bonds is 5. The molecule has 0 aromatic heterocycles. The Hall–Kier alpha value is -2.51. The molecule has 0 radical (unpaired) electrons. The normalized spacial score (nSPS) is 25.6. The Kier molecular flexibility index (Phi) is 5.63. The van der Waals surface area contributed by atoms with Gasteiger partial charge in [0.2, 0.25) is 10.8 Å². The Bertz CT molecular complexity index is 1020. The fraction of sp³-hybridized carbons (Fsp3) is 0.440. The van der Waals surface area contributed by atoms with Gasteiger partial charge in [-0.25, -0.2) is 0 Å². The summed E-state index contributed by atoms with van der Waals surface area (Å²) in [4.78, 5) is 31.6. The fourth-order valence-corrected chi connectivity index (χ4v) is 6.72. The first-order valence-corrected chi connectivity index (χ1v) is 12.4. The lowest BCUT2D eigenvalue weighted by Gasteiger charge is -2.34. The predicted molar refractivity (Wildman–Crippen MR) is 127 cm³/mol. The Morgan fingerprint density at radius 2 is 1.78 bits per heavy atom. The molecular formula is C25H30N3O3S+. The summed E-state index contributed by atoms with van der Waals surface area (Å²) in [5.74, 6) is 0.717. The van der Waals surface area contributed by atoms with Crippen LogP contribution in [0.2, 0.25) is 0 Å². The molecule has 6 nitrogen and oxygen atoms in total. The number of nitrogens with zero attached hydrogens (tertiary/aromatic N) is 2. The summed E-state index contributed by atoms with van der Waals surface area (Å²) in [6.45, 7) is 7.25. The largest absolute Gasteiger partial charge is 0.494 e. The standard InChI is InChI=1S/C25H29N3O3S/c1-3-31-20-13-11-19(12-14-20)28-23(29)18(2)32-25(28)21-9-5-6-10-22(21)27(24(25)30)17-26-15-7-4-8-16-26/h5-6,9-14,18H,3-4,7-8,15-17H2,1-2H3/p+1/t18-,25-/m1/s1. The number of anilines is 2. The van der Waals surface area contributed by atoms with E-state index >= 15 is 0 Å². The lowest BCUT2D eigenvalue weighted by molar-refractivity contribution is -0.903. The number of nitrogens with one attached hydrogen (secondary N) is 1. The second-order valence-electron chi connectivity index (χ2n) is 8.72. The molecule has 5 rings (SSSR count). The van der Waals surface area contributed by atoms with E-state index in [2.05, 4.69) is 0 Å². The van der Waals surface area contributed by atoms with Gasteiger partial charge >= 0.3 is 0 Å². The van der Waals surface area contributed by atoms with Crippen molar-refractivity contribution in [3.05, 3.63) is 54.1 Å². The number of carbonyl (C=O) groups is 2. The van der Waals surface area contributed by atoms with E-state index in [1.165, 1.54) is 35.9 Å². The van der Waals surface area contributed by atoms with Crippen molar-refractivity contribution in [3.63, 3.8) is 0 Å². The van der Waals surface area contributed by atoms with Crippen molar-refractivity contribution in [2.45, 2.75) is 43.2 Å².